The lowest BCUT2D eigenvalue weighted by atomic mass is 9.99. The third kappa shape index (κ3) is 3.63. The molecule has 0 radical (unpaired) electrons. The number of fused-ring (bicyclic) bond motifs is 1. The van der Waals surface area contributed by atoms with E-state index >= 15 is 0 Å². The molecule has 2 aromatic carbocycles. The highest BCUT2D eigenvalue weighted by molar-refractivity contribution is 7.11. The maximum absolute atomic E-state index is 14.5. The van der Waals surface area contributed by atoms with Crippen LogP contribution in [0, 0.1) is 5.82 Å². The van der Waals surface area contributed by atoms with Gasteiger partial charge in [0.05, 0.1) is 17.7 Å². The molecule has 1 aliphatic carbocycles. The molecular weight excluding hydrogens is 413 g/mol. The number of primary amides is 1. The number of carbonyl (C=O) groups excluding carboxylic acids is 2. The van der Waals surface area contributed by atoms with Crippen LogP contribution in [0.3, 0.4) is 0 Å². The van der Waals surface area contributed by atoms with Gasteiger partial charge in [0, 0.05) is 5.02 Å². The first-order chi connectivity index (χ1) is 14.0. The maximum Gasteiger partial charge on any atom is 0.267 e. The zero-order chi connectivity index (χ0) is 20.5. The summed E-state index contributed by atoms with van der Waals surface area (Å²) in [6.07, 6.45) is 2.36. The number of carbonyl (C=O) groups is 2. The van der Waals surface area contributed by atoms with E-state index < -0.39 is 23.8 Å². The predicted molar refractivity (Wildman–Crippen MR) is 109 cm³/mol. The van der Waals surface area contributed by atoms with Crippen LogP contribution >= 0.6 is 22.9 Å². The van der Waals surface area contributed by atoms with Gasteiger partial charge in [0.25, 0.3) is 5.91 Å². The van der Waals surface area contributed by atoms with Gasteiger partial charge in [0.1, 0.15) is 16.7 Å². The molecule has 1 aromatic heterocycles. The number of thiazole rings is 1. The summed E-state index contributed by atoms with van der Waals surface area (Å²) in [5.74, 6) is -1.45. The molecule has 5 nitrogen and oxygen atoms in total. The predicted octanol–water partition coefficient (Wildman–Crippen LogP) is 4.29. The quantitative estimate of drug-likeness (QED) is 0.657. The molecule has 0 unspecified atom stereocenters. The van der Waals surface area contributed by atoms with Crippen LogP contribution in [0.1, 0.15) is 44.9 Å². The molecule has 0 aliphatic heterocycles. The number of aromatic nitrogens is 1. The molecule has 4 rings (SSSR count). The number of hydrogen-bond donors (Lipinski definition) is 1. The molecule has 29 heavy (non-hydrogen) atoms. The van der Waals surface area contributed by atoms with Gasteiger partial charge in [-0.3, -0.25) is 14.6 Å². The Balaban J connectivity index is 1.87. The maximum atomic E-state index is 14.5. The normalized spacial score (nSPS) is 16.3. The number of hydrogen-bond acceptors (Lipinski definition) is 4. The lowest BCUT2D eigenvalue weighted by Crippen LogP contribution is -2.43. The first kappa shape index (κ1) is 19.5. The van der Waals surface area contributed by atoms with Crippen LogP contribution < -0.4 is 5.73 Å². The number of benzene rings is 2. The monoisotopic (exact) mass is 429 g/mol. The van der Waals surface area contributed by atoms with Gasteiger partial charge in [-0.15, -0.1) is 11.3 Å². The van der Waals surface area contributed by atoms with Crippen molar-refractivity contribution in [2.24, 2.45) is 5.73 Å². The molecule has 0 spiro atoms. The van der Waals surface area contributed by atoms with E-state index in [-0.39, 0.29) is 10.9 Å². The summed E-state index contributed by atoms with van der Waals surface area (Å²) < 4.78 is 14.5. The largest absolute Gasteiger partial charge is 0.368 e. The lowest BCUT2D eigenvalue weighted by molar-refractivity contribution is -0.123. The SMILES string of the molecule is NC(=O)[C@@H](c1ccccc1)N(C(=O)c1cncs1)[C@@H]1CCc2c(F)cc(Cl)cc21. The molecule has 3 aromatic rings. The van der Waals surface area contributed by atoms with E-state index in [1.54, 1.807) is 35.8 Å². The first-order valence-electron chi connectivity index (χ1n) is 9.00. The Kier molecular flexibility index (Phi) is 5.34. The van der Waals surface area contributed by atoms with Gasteiger partial charge in [-0.1, -0.05) is 41.9 Å². The van der Waals surface area contributed by atoms with E-state index in [1.165, 1.54) is 28.5 Å². The molecule has 1 heterocycles. The fraction of sp³-hybridized carbons (Fsp3) is 0.190. The van der Waals surface area contributed by atoms with Crippen molar-refractivity contribution in [1.29, 1.82) is 0 Å². The summed E-state index contributed by atoms with van der Waals surface area (Å²) in [7, 11) is 0. The summed E-state index contributed by atoms with van der Waals surface area (Å²) in [4.78, 5) is 31.8. The third-order valence-electron chi connectivity index (χ3n) is 5.10. The van der Waals surface area contributed by atoms with E-state index in [2.05, 4.69) is 4.98 Å². The van der Waals surface area contributed by atoms with E-state index in [1.807, 2.05) is 6.07 Å². The second-order valence-electron chi connectivity index (χ2n) is 6.80. The Morgan fingerprint density at radius 3 is 2.69 bits per heavy atom. The number of halogens is 2. The Morgan fingerprint density at radius 1 is 1.28 bits per heavy atom. The first-order valence-corrected chi connectivity index (χ1v) is 10.3. The number of nitrogens with two attached hydrogens (primary N) is 1. The van der Waals surface area contributed by atoms with E-state index in [9.17, 15) is 14.0 Å². The minimum atomic E-state index is -1.01. The number of amides is 2. The Hall–Kier alpha value is -2.77. The Morgan fingerprint density at radius 2 is 2.03 bits per heavy atom. The molecular formula is C21H17ClFN3O2S. The smallest absolute Gasteiger partial charge is 0.267 e. The fourth-order valence-corrected chi connectivity index (χ4v) is 4.67. The summed E-state index contributed by atoms with van der Waals surface area (Å²) in [5, 5.41) is 0.244. The van der Waals surface area contributed by atoms with Crippen molar-refractivity contribution in [3.05, 3.63) is 86.6 Å². The van der Waals surface area contributed by atoms with E-state index in [4.69, 9.17) is 17.3 Å². The molecule has 2 N–H and O–H groups in total. The van der Waals surface area contributed by atoms with Gasteiger partial charge < -0.3 is 10.6 Å². The molecule has 2 amide bonds. The zero-order valence-electron chi connectivity index (χ0n) is 15.2. The van der Waals surface area contributed by atoms with Crippen LogP contribution in [-0.4, -0.2) is 21.7 Å². The third-order valence-corrected chi connectivity index (χ3v) is 6.08. The van der Waals surface area contributed by atoms with Crippen molar-refractivity contribution >= 4 is 34.8 Å². The average molecular weight is 430 g/mol. The van der Waals surface area contributed by atoms with Crippen LogP contribution in [0.4, 0.5) is 4.39 Å². The molecule has 0 fully saturated rings. The van der Waals surface area contributed by atoms with E-state index in [0.717, 1.165) is 0 Å². The topological polar surface area (TPSA) is 76.3 Å². The number of rotatable bonds is 5. The molecule has 0 bridgehead atoms. The zero-order valence-corrected chi connectivity index (χ0v) is 16.8. The molecule has 0 saturated carbocycles. The highest BCUT2D eigenvalue weighted by atomic mass is 35.5. The molecule has 148 valence electrons. The second kappa shape index (κ2) is 7.93. The molecule has 2 atom stereocenters. The van der Waals surface area contributed by atoms with Crippen molar-refractivity contribution in [2.45, 2.75) is 24.9 Å². The molecule has 8 heteroatoms. The van der Waals surface area contributed by atoms with Crippen molar-refractivity contribution in [3.8, 4) is 0 Å². The summed E-state index contributed by atoms with van der Waals surface area (Å²) in [5.41, 5.74) is 9.02. The highest BCUT2D eigenvalue weighted by Crippen LogP contribution is 2.43. The van der Waals surface area contributed by atoms with Gasteiger partial charge in [-0.05, 0) is 41.7 Å². The van der Waals surface area contributed by atoms with Gasteiger partial charge in [0.2, 0.25) is 5.91 Å². The standard InChI is InChI=1S/C21H17ClFN3O2S/c22-13-8-15-14(16(23)9-13)6-7-17(15)26(21(28)18-10-25-11-29-18)19(20(24)27)12-4-2-1-3-5-12/h1-5,8-11,17,19H,6-7H2,(H2,24,27)/t17-,19-/m1/s1. The lowest BCUT2D eigenvalue weighted by Gasteiger charge is -2.35. The summed E-state index contributed by atoms with van der Waals surface area (Å²) >= 11 is 7.27. The van der Waals surface area contributed by atoms with Crippen molar-refractivity contribution in [3.63, 3.8) is 0 Å². The van der Waals surface area contributed by atoms with Crippen molar-refractivity contribution < 1.29 is 14.0 Å². The van der Waals surface area contributed by atoms with Crippen LogP contribution in [0.15, 0.2) is 54.2 Å². The highest BCUT2D eigenvalue weighted by Gasteiger charge is 2.40. The Bertz CT molecular complexity index is 1060. The minimum Gasteiger partial charge on any atom is -0.368 e. The van der Waals surface area contributed by atoms with Crippen molar-refractivity contribution in [2.75, 3.05) is 0 Å². The van der Waals surface area contributed by atoms with Gasteiger partial charge in [0.15, 0.2) is 0 Å². The second-order valence-corrected chi connectivity index (χ2v) is 8.13. The fourth-order valence-electron chi connectivity index (χ4n) is 3.89. The van der Waals surface area contributed by atoms with Crippen molar-refractivity contribution in [1.82, 2.24) is 9.88 Å². The van der Waals surface area contributed by atoms with E-state index in [0.29, 0.717) is 34.4 Å². The summed E-state index contributed by atoms with van der Waals surface area (Å²) in [6, 6.07) is 10.2. The van der Waals surface area contributed by atoms with Crippen LogP contribution in [0.5, 0.6) is 0 Å². The molecule has 1 aliphatic rings. The van der Waals surface area contributed by atoms with Crippen LogP contribution in [-0.2, 0) is 11.2 Å². The number of nitrogens with zero attached hydrogens (tertiary/aromatic N) is 2. The van der Waals surface area contributed by atoms with Crippen LogP contribution in [0.25, 0.3) is 0 Å². The summed E-state index contributed by atoms with van der Waals surface area (Å²) in [6.45, 7) is 0. The van der Waals surface area contributed by atoms with Gasteiger partial charge in [-0.25, -0.2) is 4.39 Å². The minimum absolute atomic E-state index is 0.244. The molecule has 0 saturated heterocycles. The van der Waals surface area contributed by atoms with Gasteiger partial charge >= 0.3 is 0 Å². The van der Waals surface area contributed by atoms with Gasteiger partial charge in [-0.2, -0.15) is 0 Å². The van der Waals surface area contributed by atoms with Crippen LogP contribution in [0.2, 0.25) is 5.02 Å². The average Bonchev–Trinajstić information content (AvgIpc) is 3.36. The Labute approximate surface area is 175 Å².